The van der Waals surface area contributed by atoms with E-state index in [1.165, 1.54) is 0 Å². The van der Waals surface area contributed by atoms with Crippen LogP contribution in [0.1, 0.15) is 19.3 Å². The maximum Gasteiger partial charge on any atom is 0.405 e. The van der Waals surface area contributed by atoms with Crippen LogP contribution in [0.3, 0.4) is 0 Å². The molecule has 2 saturated heterocycles. The zero-order valence-corrected chi connectivity index (χ0v) is 22.9. The number of carbonyl (C=O) groups excluding carboxylic acids is 2. The fraction of sp³-hybridized carbons (Fsp3) is 0.357. The first kappa shape index (κ1) is 28.0. The van der Waals surface area contributed by atoms with Crippen LogP contribution in [-0.4, -0.2) is 85.1 Å². The quantitative estimate of drug-likeness (QED) is 0.346. The Morgan fingerprint density at radius 1 is 1.00 bits per heavy atom. The number of fused-ring (bicyclic) bond motifs is 1. The van der Waals surface area contributed by atoms with Crippen molar-refractivity contribution >= 4 is 23.4 Å². The van der Waals surface area contributed by atoms with Crippen molar-refractivity contribution in [3.8, 4) is 28.5 Å². The van der Waals surface area contributed by atoms with Gasteiger partial charge in [-0.1, -0.05) is 12.1 Å². The fourth-order valence-electron chi connectivity index (χ4n) is 5.47. The van der Waals surface area contributed by atoms with E-state index in [2.05, 4.69) is 26.6 Å². The first-order valence-corrected chi connectivity index (χ1v) is 13.7. The summed E-state index contributed by atoms with van der Waals surface area (Å²) in [5.74, 6) is 0. The molecule has 4 amide bonds. The molecule has 0 aliphatic carbocycles. The molecule has 222 valence electrons. The van der Waals surface area contributed by atoms with Gasteiger partial charge in [0.15, 0.2) is 5.65 Å². The Kier molecular flexibility index (Phi) is 7.12. The first-order valence-electron chi connectivity index (χ1n) is 13.7. The number of alkyl halides is 3. The highest BCUT2D eigenvalue weighted by molar-refractivity contribution is 5.90. The summed E-state index contributed by atoms with van der Waals surface area (Å²) in [5, 5.41) is 22.8. The van der Waals surface area contributed by atoms with Gasteiger partial charge in [0.2, 0.25) is 0 Å². The van der Waals surface area contributed by atoms with Crippen molar-refractivity contribution in [2.45, 2.75) is 31.0 Å². The van der Waals surface area contributed by atoms with E-state index in [0.29, 0.717) is 35.7 Å². The topological polar surface area (TPSA) is 136 Å². The van der Waals surface area contributed by atoms with Crippen LogP contribution >= 0.6 is 0 Å². The summed E-state index contributed by atoms with van der Waals surface area (Å²) in [6.07, 6.45) is 4.55. The summed E-state index contributed by atoms with van der Waals surface area (Å²) in [7, 11) is 0. The molecule has 1 aromatic carbocycles. The number of nitrogens with zero attached hydrogens (tertiary/aromatic N) is 8. The van der Waals surface area contributed by atoms with E-state index in [0.717, 1.165) is 37.1 Å². The van der Waals surface area contributed by atoms with Gasteiger partial charge in [-0.2, -0.15) is 28.6 Å². The maximum absolute atomic E-state index is 12.8. The Morgan fingerprint density at radius 2 is 1.77 bits per heavy atom. The smallest absolute Gasteiger partial charge is 0.329 e. The lowest BCUT2D eigenvalue weighted by Crippen LogP contribution is -2.66. The lowest BCUT2D eigenvalue weighted by Gasteiger charge is -2.49. The summed E-state index contributed by atoms with van der Waals surface area (Å²) in [6.45, 7) is 0.920. The molecule has 0 saturated carbocycles. The molecule has 6 rings (SSSR count). The fourth-order valence-corrected chi connectivity index (χ4v) is 5.47. The minimum absolute atomic E-state index is 0.00856. The van der Waals surface area contributed by atoms with E-state index < -0.39 is 24.3 Å². The molecule has 15 heteroatoms. The lowest BCUT2D eigenvalue weighted by atomic mass is 9.87. The van der Waals surface area contributed by atoms with Crippen molar-refractivity contribution in [1.29, 1.82) is 5.26 Å². The van der Waals surface area contributed by atoms with Gasteiger partial charge in [-0.25, -0.2) is 19.1 Å². The van der Waals surface area contributed by atoms with Gasteiger partial charge in [0.25, 0.3) is 0 Å². The van der Waals surface area contributed by atoms with Crippen molar-refractivity contribution < 1.29 is 22.8 Å². The van der Waals surface area contributed by atoms with Crippen molar-refractivity contribution in [3.05, 3.63) is 55.1 Å². The molecular weight excluding hydrogens is 565 g/mol. The monoisotopic (exact) mass is 592 g/mol. The summed E-state index contributed by atoms with van der Waals surface area (Å²) < 4.78 is 40.6. The second-order valence-corrected chi connectivity index (χ2v) is 10.7. The second-order valence-electron chi connectivity index (χ2n) is 10.7. The Balaban J connectivity index is 1.18. The number of hydrogen-bond donors (Lipinski definition) is 2. The Hall–Kier alpha value is -5.13. The number of carbonyl (C=O) groups is 2. The molecule has 2 aliphatic heterocycles. The van der Waals surface area contributed by atoms with Crippen LogP contribution in [0, 0.1) is 11.3 Å². The number of urea groups is 2. The van der Waals surface area contributed by atoms with Crippen molar-refractivity contribution in [3.63, 3.8) is 0 Å². The van der Waals surface area contributed by atoms with E-state index in [1.807, 2.05) is 17.2 Å². The van der Waals surface area contributed by atoms with E-state index in [1.54, 1.807) is 62.3 Å². The average molecular weight is 593 g/mol. The van der Waals surface area contributed by atoms with Gasteiger partial charge in [-0.15, -0.1) is 0 Å². The van der Waals surface area contributed by atoms with Crippen LogP contribution in [-0.2, 0) is 5.54 Å². The molecule has 0 unspecified atom stereocenters. The van der Waals surface area contributed by atoms with Gasteiger partial charge in [0.1, 0.15) is 12.1 Å². The number of halogens is 3. The normalized spacial score (nSPS) is 16.1. The number of hydrogen-bond acceptors (Lipinski definition) is 6. The molecule has 3 aromatic heterocycles. The maximum atomic E-state index is 12.8. The lowest BCUT2D eigenvalue weighted by molar-refractivity contribution is -0.122. The minimum atomic E-state index is -4.51. The molecule has 0 spiro atoms. The number of benzene rings is 1. The van der Waals surface area contributed by atoms with Crippen LogP contribution in [0.2, 0.25) is 0 Å². The summed E-state index contributed by atoms with van der Waals surface area (Å²) in [5.41, 5.74) is 3.04. The van der Waals surface area contributed by atoms with E-state index in [-0.39, 0.29) is 12.5 Å². The minimum Gasteiger partial charge on any atom is -0.329 e. The van der Waals surface area contributed by atoms with Crippen molar-refractivity contribution in [2.24, 2.45) is 0 Å². The number of nitrogens with one attached hydrogen (secondary N) is 2. The zero-order chi connectivity index (χ0) is 30.2. The molecule has 12 nitrogen and oxygen atoms in total. The Morgan fingerprint density at radius 3 is 2.51 bits per heavy atom. The third-order valence-electron chi connectivity index (χ3n) is 7.65. The summed E-state index contributed by atoms with van der Waals surface area (Å²) in [4.78, 5) is 32.8. The largest absolute Gasteiger partial charge is 0.405 e. The van der Waals surface area contributed by atoms with Crippen LogP contribution in [0.25, 0.3) is 28.0 Å². The molecular formula is C28H27F3N10O2. The average Bonchev–Trinajstić information content (AvgIpc) is 3.74. The number of rotatable bonds is 6. The predicted octanol–water partition coefficient (Wildman–Crippen LogP) is 4.08. The van der Waals surface area contributed by atoms with Crippen LogP contribution in [0.4, 0.5) is 28.4 Å². The van der Waals surface area contributed by atoms with E-state index in [4.69, 9.17) is 0 Å². The standard InChI is InChI=1S/C28H27F3N10O2/c29-28(30,31)16-34-25(42)37-22-5-3-4-19(10-22)23-14-33-24-11-20(12-36-41(23)24)21-13-35-40(15-21)27(6-7-32)17-39(18-27)26(43)38-8-1-2-9-38/h3-5,10-15H,1-2,6,8-9,16-18H2,(H2,34,37,42). The predicted molar refractivity (Wildman–Crippen MR) is 149 cm³/mol. The number of anilines is 1. The molecule has 5 heterocycles. The highest BCUT2D eigenvalue weighted by Gasteiger charge is 2.48. The molecule has 2 N–H and O–H groups in total. The van der Waals surface area contributed by atoms with E-state index in [9.17, 15) is 28.0 Å². The molecule has 2 aliphatic rings. The van der Waals surface area contributed by atoms with Gasteiger partial charge in [-0.05, 0) is 31.0 Å². The summed E-state index contributed by atoms with van der Waals surface area (Å²) >= 11 is 0. The number of nitriles is 1. The highest BCUT2D eigenvalue weighted by Crippen LogP contribution is 2.35. The number of amides is 4. The van der Waals surface area contributed by atoms with Crippen molar-refractivity contribution in [1.82, 2.24) is 39.5 Å². The second kappa shape index (κ2) is 10.9. The summed E-state index contributed by atoms with van der Waals surface area (Å²) in [6, 6.07) is 9.73. The zero-order valence-electron chi connectivity index (χ0n) is 22.9. The van der Waals surface area contributed by atoms with Gasteiger partial charge >= 0.3 is 18.2 Å². The molecule has 0 atom stereocenters. The van der Waals surface area contributed by atoms with Crippen LogP contribution in [0.15, 0.2) is 55.1 Å². The first-order chi connectivity index (χ1) is 20.6. The SMILES string of the molecule is N#CCC1(n2cc(-c3cnn4c(-c5cccc(NC(=O)NCC(F)(F)F)c5)cnc4c3)cn2)CN(C(=O)N2CCCC2)C1. The Bertz CT molecular complexity index is 1710. The van der Waals surface area contributed by atoms with Gasteiger partial charge < -0.3 is 20.4 Å². The van der Waals surface area contributed by atoms with Crippen molar-refractivity contribution in [2.75, 3.05) is 38.0 Å². The third-order valence-corrected chi connectivity index (χ3v) is 7.65. The van der Waals surface area contributed by atoms with Gasteiger partial charge in [0.05, 0.1) is 49.9 Å². The number of likely N-dealkylation sites (tertiary alicyclic amines) is 2. The highest BCUT2D eigenvalue weighted by atomic mass is 19.4. The number of imidazole rings is 1. The van der Waals surface area contributed by atoms with Gasteiger partial charge in [-0.3, -0.25) is 4.68 Å². The molecule has 0 radical (unpaired) electrons. The Labute approximate surface area is 243 Å². The molecule has 0 bridgehead atoms. The molecule has 4 aromatic rings. The van der Waals surface area contributed by atoms with Crippen LogP contribution < -0.4 is 10.6 Å². The molecule has 43 heavy (non-hydrogen) atoms. The van der Waals surface area contributed by atoms with Crippen LogP contribution in [0.5, 0.6) is 0 Å². The number of aromatic nitrogens is 5. The molecule has 2 fully saturated rings. The van der Waals surface area contributed by atoms with Gasteiger partial charge in [0, 0.05) is 41.7 Å². The van der Waals surface area contributed by atoms with E-state index >= 15 is 0 Å². The third kappa shape index (κ3) is 5.68.